The number of hydrogen-bond donors (Lipinski definition) is 2. The van der Waals surface area contributed by atoms with Gasteiger partial charge in [-0.2, -0.15) is 0 Å². The van der Waals surface area contributed by atoms with Crippen LogP contribution in [0.1, 0.15) is 26.3 Å². The van der Waals surface area contributed by atoms with E-state index in [-0.39, 0.29) is 11.8 Å². The lowest BCUT2D eigenvalue weighted by Crippen LogP contribution is -2.28. The van der Waals surface area contributed by atoms with Gasteiger partial charge in [0.05, 0.1) is 12.7 Å². The van der Waals surface area contributed by atoms with Crippen LogP contribution in [0, 0.1) is 0 Å². The predicted octanol–water partition coefficient (Wildman–Crippen LogP) is 3.99. The van der Waals surface area contributed by atoms with Crippen molar-refractivity contribution in [1.29, 1.82) is 0 Å². The minimum Gasteiger partial charge on any atom is -0.497 e. The molecule has 2 amide bonds. The summed E-state index contributed by atoms with van der Waals surface area (Å²) in [6.07, 6.45) is 0.746. The summed E-state index contributed by atoms with van der Waals surface area (Å²) in [5.41, 5.74) is 3.46. The van der Waals surface area contributed by atoms with Crippen LogP contribution in [-0.4, -0.2) is 39.6 Å². The molecule has 0 aromatic heterocycles. The number of nitrogens with zero attached hydrogens (tertiary/aromatic N) is 1. The third kappa shape index (κ3) is 5.85. The van der Waals surface area contributed by atoms with Gasteiger partial charge in [0.25, 0.3) is 11.8 Å². The lowest BCUT2D eigenvalue weighted by Gasteiger charge is -2.18. The van der Waals surface area contributed by atoms with E-state index >= 15 is 0 Å². The van der Waals surface area contributed by atoms with Gasteiger partial charge in [0.1, 0.15) is 5.75 Å². The Morgan fingerprint density at radius 3 is 2.39 bits per heavy atom. The monoisotopic (exact) mass is 417 g/mol. The molecule has 0 heterocycles. The lowest BCUT2D eigenvalue weighted by atomic mass is 10.1. The Hall–Kier alpha value is -3.80. The van der Waals surface area contributed by atoms with E-state index in [1.54, 1.807) is 43.5 Å². The second kappa shape index (κ2) is 10.3. The molecule has 160 valence electrons. The van der Waals surface area contributed by atoms with Crippen LogP contribution in [0.5, 0.6) is 5.75 Å². The topological polar surface area (TPSA) is 70.7 Å². The molecular formula is C25H27N3O3. The van der Waals surface area contributed by atoms with Crippen molar-refractivity contribution in [2.75, 3.05) is 38.0 Å². The van der Waals surface area contributed by atoms with Crippen molar-refractivity contribution in [2.24, 2.45) is 0 Å². The quantitative estimate of drug-likeness (QED) is 0.582. The number of carbonyl (C=O) groups is 2. The highest BCUT2D eigenvalue weighted by Crippen LogP contribution is 2.24. The van der Waals surface area contributed by atoms with Crippen LogP contribution in [0.2, 0.25) is 0 Å². The molecule has 0 spiro atoms. The second-order valence-electron chi connectivity index (χ2n) is 7.30. The van der Waals surface area contributed by atoms with Gasteiger partial charge in [0.15, 0.2) is 0 Å². The first-order valence-electron chi connectivity index (χ1n) is 10.1. The van der Waals surface area contributed by atoms with E-state index in [0.29, 0.717) is 29.1 Å². The largest absolute Gasteiger partial charge is 0.497 e. The second-order valence-corrected chi connectivity index (χ2v) is 7.30. The SMILES string of the molecule is COc1cccc(C(=O)Nc2ccc(N(C)C)c(C(=O)NCCc3ccccc3)c2)c1. The van der Waals surface area contributed by atoms with Gasteiger partial charge in [-0.15, -0.1) is 0 Å². The number of anilines is 2. The van der Waals surface area contributed by atoms with Gasteiger partial charge in [-0.05, 0) is 48.4 Å². The number of hydrogen-bond acceptors (Lipinski definition) is 4. The molecule has 0 aliphatic rings. The highest BCUT2D eigenvalue weighted by molar-refractivity contribution is 6.06. The molecule has 3 aromatic rings. The summed E-state index contributed by atoms with van der Waals surface area (Å²) < 4.78 is 5.18. The molecule has 0 bridgehead atoms. The zero-order valence-electron chi connectivity index (χ0n) is 18.0. The highest BCUT2D eigenvalue weighted by Gasteiger charge is 2.15. The fourth-order valence-corrected chi connectivity index (χ4v) is 3.21. The molecule has 6 heteroatoms. The minimum absolute atomic E-state index is 0.183. The first-order valence-corrected chi connectivity index (χ1v) is 10.1. The van der Waals surface area contributed by atoms with E-state index in [9.17, 15) is 9.59 Å². The maximum atomic E-state index is 12.9. The summed E-state index contributed by atoms with van der Waals surface area (Å²) >= 11 is 0. The molecule has 0 fully saturated rings. The van der Waals surface area contributed by atoms with Crippen molar-refractivity contribution in [1.82, 2.24) is 5.32 Å². The van der Waals surface area contributed by atoms with Gasteiger partial charge < -0.3 is 20.3 Å². The fourth-order valence-electron chi connectivity index (χ4n) is 3.21. The van der Waals surface area contributed by atoms with Crippen molar-refractivity contribution in [3.63, 3.8) is 0 Å². The third-order valence-corrected chi connectivity index (χ3v) is 4.85. The molecule has 31 heavy (non-hydrogen) atoms. The Kier molecular flexibility index (Phi) is 7.27. The molecular weight excluding hydrogens is 390 g/mol. The number of rotatable bonds is 8. The maximum Gasteiger partial charge on any atom is 0.255 e. The van der Waals surface area contributed by atoms with E-state index < -0.39 is 0 Å². The summed E-state index contributed by atoms with van der Waals surface area (Å²) in [6.45, 7) is 0.524. The van der Waals surface area contributed by atoms with Crippen molar-refractivity contribution in [3.8, 4) is 5.75 Å². The molecule has 0 unspecified atom stereocenters. The molecule has 3 aromatic carbocycles. The molecule has 2 N–H and O–H groups in total. The third-order valence-electron chi connectivity index (χ3n) is 4.85. The smallest absolute Gasteiger partial charge is 0.255 e. The van der Waals surface area contributed by atoms with E-state index in [0.717, 1.165) is 17.7 Å². The Bertz CT molecular complexity index is 1050. The predicted molar refractivity (Wildman–Crippen MR) is 124 cm³/mol. The number of carbonyl (C=O) groups excluding carboxylic acids is 2. The Labute approximate surface area is 182 Å². The molecule has 0 saturated heterocycles. The van der Waals surface area contributed by atoms with Crippen LogP contribution < -0.4 is 20.3 Å². The van der Waals surface area contributed by atoms with E-state index in [1.165, 1.54) is 0 Å². The van der Waals surface area contributed by atoms with Crippen LogP contribution in [-0.2, 0) is 6.42 Å². The first kappa shape index (κ1) is 21.9. The number of benzene rings is 3. The van der Waals surface area contributed by atoms with Crippen LogP contribution >= 0.6 is 0 Å². The highest BCUT2D eigenvalue weighted by atomic mass is 16.5. The molecule has 0 aliphatic heterocycles. The van der Waals surface area contributed by atoms with E-state index in [4.69, 9.17) is 4.74 Å². The van der Waals surface area contributed by atoms with Gasteiger partial charge in [-0.1, -0.05) is 36.4 Å². The molecule has 6 nitrogen and oxygen atoms in total. The van der Waals surface area contributed by atoms with Gasteiger partial charge >= 0.3 is 0 Å². The van der Waals surface area contributed by atoms with E-state index in [2.05, 4.69) is 10.6 Å². The Morgan fingerprint density at radius 2 is 1.68 bits per heavy atom. The van der Waals surface area contributed by atoms with Gasteiger partial charge in [0, 0.05) is 37.6 Å². The average Bonchev–Trinajstić information content (AvgIpc) is 2.79. The number of nitrogens with one attached hydrogen (secondary N) is 2. The van der Waals surface area contributed by atoms with Crippen LogP contribution in [0.4, 0.5) is 11.4 Å². The normalized spacial score (nSPS) is 10.3. The summed E-state index contributed by atoms with van der Waals surface area (Å²) in [6, 6.07) is 22.2. The minimum atomic E-state index is -0.271. The first-order chi connectivity index (χ1) is 15.0. The standard InChI is InChI=1S/C25H27N3O3/c1-28(2)23-13-12-20(27-24(29)19-10-7-11-21(16-19)31-3)17-22(23)25(30)26-15-14-18-8-5-4-6-9-18/h4-13,16-17H,14-15H2,1-3H3,(H,26,30)(H,27,29). The van der Waals surface area contributed by atoms with Crippen LogP contribution in [0.15, 0.2) is 72.8 Å². The van der Waals surface area contributed by atoms with Crippen LogP contribution in [0.3, 0.4) is 0 Å². The zero-order chi connectivity index (χ0) is 22.2. The van der Waals surface area contributed by atoms with Crippen molar-refractivity contribution in [2.45, 2.75) is 6.42 Å². The molecule has 0 atom stereocenters. The van der Waals surface area contributed by atoms with Crippen LogP contribution in [0.25, 0.3) is 0 Å². The van der Waals surface area contributed by atoms with Crippen molar-refractivity contribution >= 4 is 23.2 Å². The summed E-state index contributed by atoms with van der Waals surface area (Å²) in [4.78, 5) is 27.4. The summed E-state index contributed by atoms with van der Waals surface area (Å²) in [5.74, 6) is 0.151. The zero-order valence-corrected chi connectivity index (χ0v) is 18.0. The van der Waals surface area contributed by atoms with Gasteiger partial charge in [-0.3, -0.25) is 9.59 Å². The summed E-state index contributed by atoms with van der Waals surface area (Å²) in [5, 5.41) is 5.84. The summed E-state index contributed by atoms with van der Waals surface area (Å²) in [7, 11) is 5.31. The lowest BCUT2D eigenvalue weighted by molar-refractivity contribution is 0.0953. The number of amides is 2. The molecule has 3 rings (SSSR count). The number of ether oxygens (including phenoxy) is 1. The van der Waals surface area contributed by atoms with E-state index in [1.807, 2.05) is 55.4 Å². The molecule has 0 saturated carbocycles. The fraction of sp³-hybridized carbons (Fsp3) is 0.200. The van der Waals surface area contributed by atoms with Crippen molar-refractivity contribution < 1.29 is 14.3 Å². The maximum absolute atomic E-state index is 12.9. The molecule has 0 aliphatic carbocycles. The average molecular weight is 418 g/mol. The number of methoxy groups -OCH3 is 1. The van der Waals surface area contributed by atoms with Crippen molar-refractivity contribution in [3.05, 3.63) is 89.5 Å². The molecule has 0 radical (unpaired) electrons. The Balaban J connectivity index is 1.73. The Morgan fingerprint density at radius 1 is 0.903 bits per heavy atom. The van der Waals surface area contributed by atoms with Gasteiger partial charge in [0.2, 0.25) is 0 Å². The van der Waals surface area contributed by atoms with Gasteiger partial charge in [-0.25, -0.2) is 0 Å².